The summed E-state index contributed by atoms with van der Waals surface area (Å²) in [6, 6.07) is 41.1. The van der Waals surface area contributed by atoms with Gasteiger partial charge in [-0.25, -0.2) is 0 Å². The third kappa shape index (κ3) is 3.70. The molecule has 0 saturated heterocycles. The summed E-state index contributed by atoms with van der Waals surface area (Å²) >= 11 is 1.86. The number of fused-ring (bicyclic) bond motifs is 5. The van der Waals surface area contributed by atoms with Crippen LogP contribution in [0.2, 0.25) is 0 Å². The van der Waals surface area contributed by atoms with Gasteiger partial charge in [0.15, 0.2) is 11.5 Å². The molecule has 2 heterocycles. The predicted octanol–water partition coefficient (Wildman–Crippen LogP) is 10.7. The Kier molecular flexibility index (Phi) is 5.17. The normalized spacial score (nSPS) is 14.4. The van der Waals surface area contributed by atoms with Crippen LogP contribution in [0.25, 0.3) is 36.9 Å². The van der Waals surface area contributed by atoms with Gasteiger partial charge < -0.3 is 9.64 Å². The van der Waals surface area contributed by atoms with Gasteiger partial charge >= 0.3 is 0 Å². The van der Waals surface area contributed by atoms with Crippen LogP contribution >= 0.6 is 11.3 Å². The van der Waals surface area contributed by atoms with Crippen molar-refractivity contribution in [1.82, 2.24) is 0 Å². The van der Waals surface area contributed by atoms with Gasteiger partial charge in [-0.3, -0.25) is 0 Å². The monoisotopic (exact) mass is 519 g/mol. The third-order valence-electron chi connectivity index (χ3n) is 7.80. The van der Waals surface area contributed by atoms with E-state index < -0.39 is 0 Å². The quantitative estimate of drug-likeness (QED) is 0.231. The molecular formula is C36H25NOS. The Morgan fingerprint density at radius 2 is 1.38 bits per heavy atom. The maximum absolute atomic E-state index is 6.55. The zero-order chi connectivity index (χ0) is 25.8. The van der Waals surface area contributed by atoms with Gasteiger partial charge in [0.25, 0.3) is 0 Å². The summed E-state index contributed by atoms with van der Waals surface area (Å²) in [5, 5.41) is 2.63. The first-order valence-electron chi connectivity index (χ1n) is 13.4. The number of para-hydroxylation sites is 2. The molecule has 0 amide bonds. The molecule has 6 aromatic rings. The van der Waals surface area contributed by atoms with E-state index in [0.717, 1.165) is 35.7 Å². The molecule has 1 aliphatic heterocycles. The number of hydrogen-bond donors (Lipinski definition) is 0. The fourth-order valence-corrected chi connectivity index (χ4v) is 7.09. The van der Waals surface area contributed by atoms with Crippen LogP contribution in [0.3, 0.4) is 0 Å². The van der Waals surface area contributed by atoms with Crippen molar-refractivity contribution in [1.29, 1.82) is 0 Å². The van der Waals surface area contributed by atoms with Gasteiger partial charge in [-0.15, -0.1) is 11.3 Å². The Morgan fingerprint density at radius 1 is 0.590 bits per heavy atom. The van der Waals surface area contributed by atoms with Crippen LogP contribution in [0.5, 0.6) is 11.5 Å². The molecule has 3 heteroatoms. The Labute approximate surface area is 231 Å². The van der Waals surface area contributed by atoms with Crippen LogP contribution in [0.1, 0.15) is 18.4 Å². The first-order valence-corrected chi connectivity index (χ1v) is 14.2. The van der Waals surface area contributed by atoms with Crippen molar-refractivity contribution in [3.8, 4) is 22.6 Å². The van der Waals surface area contributed by atoms with Gasteiger partial charge in [0.05, 0.1) is 11.4 Å². The van der Waals surface area contributed by atoms with Crippen molar-refractivity contribution in [3.05, 3.63) is 139 Å². The van der Waals surface area contributed by atoms with Gasteiger partial charge in [0.2, 0.25) is 0 Å². The van der Waals surface area contributed by atoms with Crippen LogP contribution in [-0.4, -0.2) is 0 Å². The molecule has 0 N–H and O–H groups in total. The van der Waals surface area contributed by atoms with E-state index in [4.69, 9.17) is 4.74 Å². The smallest absolute Gasteiger partial charge is 0.152 e. The Morgan fingerprint density at radius 3 is 2.28 bits per heavy atom. The van der Waals surface area contributed by atoms with Gasteiger partial charge in [-0.2, -0.15) is 0 Å². The lowest BCUT2D eigenvalue weighted by Gasteiger charge is -2.35. The number of allylic oxidation sites excluding steroid dienone is 4. The summed E-state index contributed by atoms with van der Waals surface area (Å²) in [5.41, 5.74) is 8.56. The van der Waals surface area contributed by atoms with Gasteiger partial charge in [-0.05, 0) is 77.6 Å². The highest BCUT2D eigenvalue weighted by Gasteiger charge is 2.28. The lowest BCUT2D eigenvalue weighted by atomic mass is 9.94. The highest BCUT2D eigenvalue weighted by Crippen LogP contribution is 2.51. The van der Waals surface area contributed by atoms with Crippen molar-refractivity contribution in [2.45, 2.75) is 12.8 Å². The summed E-state index contributed by atoms with van der Waals surface area (Å²) in [6.07, 6.45) is 6.54. The van der Waals surface area contributed by atoms with Gasteiger partial charge in [0.1, 0.15) is 0 Å². The van der Waals surface area contributed by atoms with Crippen molar-refractivity contribution in [2.75, 3.05) is 4.90 Å². The van der Waals surface area contributed by atoms with E-state index in [9.17, 15) is 0 Å². The number of rotatable bonds is 3. The second-order valence-electron chi connectivity index (χ2n) is 10.1. The van der Waals surface area contributed by atoms with E-state index >= 15 is 0 Å². The first kappa shape index (κ1) is 22.4. The largest absolute Gasteiger partial charge is 0.453 e. The van der Waals surface area contributed by atoms with Crippen LogP contribution in [0.15, 0.2) is 133 Å². The van der Waals surface area contributed by atoms with E-state index in [1.807, 2.05) is 17.4 Å². The van der Waals surface area contributed by atoms with E-state index in [2.05, 4.69) is 126 Å². The van der Waals surface area contributed by atoms with Crippen LogP contribution in [0.4, 0.5) is 11.4 Å². The molecule has 2 aliphatic rings. The fraction of sp³-hybridized carbons (Fsp3) is 0.0556. The third-order valence-corrected chi connectivity index (χ3v) is 8.94. The summed E-state index contributed by atoms with van der Waals surface area (Å²) in [5.74, 6) is 1.78. The maximum Gasteiger partial charge on any atom is 0.152 e. The average molecular weight is 520 g/mol. The SMILES string of the molecule is C1=C(c2ccccc2)CCC(N2c3ccccc3Oc3cc(-c4cccc5sc6ccccc6c45)ccc32)=C1. The van der Waals surface area contributed by atoms with Gasteiger partial charge in [0, 0.05) is 25.9 Å². The number of ether oxygens (including phenoxy) is 1. The molecule has 0 unspecified atom stereocenters. The molecule has 0 bridgehead atoms. The van der Waals surface area contributed by atoms with Crippen molar-refractivity contribution < 1.29 is 4.74 Å². The molecule has 0 spiro atoms. The summed E-state index contributed by atoms with van der Waals surface area (Å²) in [6.45, 7) is 0. The fourth-order valence-electron chi connectivity index (χ4n) is 5.95. The molecule has 1 aromatic heterocycles. The van der Waals surface area contributed by atoms with Gasteiger partial charge in [-0.1, -0.05) is 84.9 Å². The second kappa shape index (κ2) is 9.00. The Balaban J connectivity index is 1.25. The van der Waals surface area contributed by atoms with E-state index in [1.165, 1.54) is 48.1 Å². The molecule has 0 saturated carbocycles. The summed E-state index contributed by atoms with van der Waals surface area (Å²) in [4.78, 5) is 2.39. The topological polar surface area (TPSA) is 12.5 Å². The Hall–Kier alpha value is -4.60. The minimum atomic E-state index is 0.889. The van der Waals surface area contributed by atoms with Crippen molar-refractivity contribution in [3.63, 3.8) is 0 Å². The number of anilines is 2. The standard InChI is InChI=1S/C36H25NOS/c1-2-9-24(10-3-1)25-17-20-27(21-18-25)37-30-13-5-6-14-32(30)38-33-23-26(19-22-31(33)37)28-12-8-16-35-36(28)29-11-4-7-15-34(29)39-35/h1-17,19-20,22-23H,18,21H2. The zero-order valence-corrected chi connectivity index (χ0v) is 22.1. The summed E-state index contributed by atoms with van der Waals surface area (Å²) in [7, 11) is 0. The second-order valence-corrected chi connectivity index (χ2v) is 11.2. The van der Waals surface area contributed by atoms with E-state index in [0.29, 0.717) is 0 Å². The molecule has 1 aliphatic carbocycles. The van der Waals surface area contributed by atoms with E-state index in [-0.39, 0.29) is 0 Å². The Bertz CT molecular complexity index is 1950. The van der Waals surface area contributed by atoms with Crippen LogP contribution in [0, 0.1) is 0 Å². The summed E-state index contributed by atoms with van der Waals surface area (Å²) < 4.78 is 9.18. The molecule has 39 heavy (non-hydrogen) atoms. The number of nitrogens with zero attached hydrogens (tertiary/aromatic N) is 1. The lowest BCUT2D eigenvalue weighted by molar-refractivity contribution is 0.475. The van der Waals surface area contributed by atoms with Crippen LogP contribution in [-0.2, 0) is 0 Å². The maximum atomic E-state index is 6.55. The number of thiophene rings is 1. The van der Waals surface area contributed by atoms with E-state index in [1.54, 1.807) is 0 Å². The predicted molar refractivity (Wildman–Crippen MR) is 165 cm³/mol. The zero-order valence-electron chi connectivity index (χ0n) is 21.3. The molecule has 2 nitrogen and oxygen atoms in total. The average Bonchev–Trinajstić information content (AvgIpc) is 3.39. The number of benzene rings is 5. The molecule has 186 valence electrons. The molecular weight excluding hydrogens is 494 g/mol. The molecule has 0 fully saturated rings. The van der Waals surface area contributed by atoms with Crippen molar-refractivity contribution >= 4 is 48.5 Å². The molecule has 0 radical (unpaired) electrons. The molecule has 0 atom stereocenters. The lowest BCUT2D eigenvalue weighted by Crippen LogP contribution is -2.21. The minimum Gasteiger partial charge on any atom is -0.453 e. The first-order chi connectivity index (χ1) is 19.3. The van der Waals surface area contributed by atoms with Crippen molar-refractivity contribution in [2.24, 2.45) is 0 Å². The highest BCUT2D eigenvalue weighted by molar-refractivity contribution is 7.25. The molecule has 8 rings (SSSR count). The highest BCUT2D eigenvalue weighted by atomic mass is 32.1. The number of hydrogen-bond acceptors (Lipinski definition) is 3. The molecule has 5 aromatic carbocycles. The van der Waals surface area contributed by atoms with Crippen LogP contribution < -0.4 is 9.64 Å². The minimum absolute atomic E-state index is 0.889.